The SMILES string of the molecule is CN/C(=C\n1ccnc1CN(CCN)Cc1ccncc1)c1cccc(NC(=O)Nc2ccc(OC)c(C(F)(F)F)c2)c1. The maximum Gasteiger partial charge on any atom is 0.420 e. The van der Waals surface area contributed by atoms with E-state index in [4.69, 9.17) is 10.5 Å². The Labute approximate surface area is 247 Å². The zero-order valence-corrected chi connectivity index (χ0v) is 23.7. The highest BCUT2D eigenvalue weighted by atomic mass is 19.4. The van der Waals surface area contributed by atoms with Crippen molar-refractivity contribution in [2.24, 2.45) is 5.73 Å². The molecule has 0 unspecified atom stereocenters. The molecule has 0 aliphatic rings. The molecular formula is C30H33F3N8O2. The molecule has 226 valence electrons. The Kier molecular flexibility index (Phi) is 10.4. The van der Waals surface area contributed by atoms with Gasteiger partial charge in [0.1, 0.15) is 11.6 Å². The van der Waals surface area contributed by atoms with Gasteiger partial charge in [-0.1, -0.05) is 12.1 Å². The van der Waals surface area contributed by atoms with Crippen LogP contribution in [-0.2, 0) is 19.3 Å². The van der Waals surface area contributed by atoms with Gasteiger partial charge in [0.15, 0.2) is 0 Å². The number of carbonyl (C=O) groups is 1. The molecule has 0 radical (unpaired) electrons. The van der Waals surface area contributed by atoms with Crippen molar-refractivity contribution >= 4 is 29.3 Å². The summed E-state index contributed by atoms with van der Waals surface area (Å²) in [6.07, 6.45) is 4.34. The van der Waals surface area contributed by atoms with Gasteiger partial charge in [0.25, 0.3) is 0 Å². The third-order valence-corrected chi connectivity index (χ3v) is 6.45. The number of nitrogens with one attached hydrogen (secondary N) is 3. The van der Waals surface area contributed by atoms with Crippen LogP contribution < -0.4 is 26.4 Å². The summed E-state index contributed by atoms with van der Waals surface area (Å²) in [4.78, 5) is 23.5. The van der Waals surface area contributed by atoms with Crippen molar-refractivity contribution in [3.8, 4) is 5.75 Å². The summed E-state index contributed by atoms with van der Waals surface area (Å²) in [5.41, 5.74) is 7.92. The molecule has 10 nitrogen and oxygen atoms in total. The summed E-state index contributed by atoms with van der Waals surface area (Å²) in [6.45, 7) is 2.43. The van der Waals surface area contributed by atoms with Gasteiger partial charge in [0.2, 0.25) is 0 Å². The number of hydrogen-bond acceptors (Lipinski definition) is 7. The van der Waals surface area contributed by atoms with Crippen LogP contribution in [0, 0.1) is 0 Å². The first-order chi connectivity index (χ1) is 20.7. The Hall–Kier alpha value is -4.88. The average Bonchev–Trinajstić information content (AvgIpc) is 3.42. The van der Waals surface area contributed by atoms with E-state index in [0.717, 1.165) is 41.9 Å². The van der Waals surface area contributed by atoms with E-state index in [0.29, 0.717) is 31.9 Å². The van der Waals surface area contributed by atoms with Crippen LogP contribution in [0.4, 0.5) is 29.3 Å². The second-order valence-electron chi connectivity index (χ2n) is 9.47. The molecule has 43 heavy (non-hydrogen) atoms. The number of hydrogen-bond donors (Lipinski definition) is 4. The number of benzene rings is 2. The largest absolute Gasteiger partial charge is 0.496 e. The summed E-state index contributed by atoms with van der Waals surface area (Å²) in [7, 11) is 2.93. The molecule has 0 bridgehead atoms. The number of nitrogens with two attached hydrogens (primary N) is 1. The van der Waals surface area contributed by atoms with Crippen LogP contribution in [0.3, 0.4) is 0 Å². The normalized spacial score (nSPS) is 11.8. The van der Waals surface area contributed by atoms with Gasteiger partial charge < -0.3 is 31.0 Å². The Balaban J connectivity index is 1.48. The molecule has 0 aliphatic carbocycles. The molecule has 0 fully saturated rings. The third-order valence-electron chi connectivity index (χ3n) is 6.45. The van der Waals surface area contributed by atoms with Crippen molar-refractivity contribution in [1.82, 2.24) is 24.8 Å². The highest BCUT2D eigenvalue weighted by molar-refractivity contribution is 6.00. The van der Waals surface area contributed by atoms with Gasteiger partial charge >= 0.3 is 12.2 Å². The van der Waals surface area contributed by atoms with E-state index >= 15 is 0 Å². The number of amides is 2. The molecule has 0 spiro atoms. The number of alkyl halides is 3. The standard InChI is InChI=1S/C30H33F3N8O2/c1-35-26(19-41-15-13-37-28(41)20-40(14-10-34)18-21-8-11-36-12-9-21)22-4-3-5-23(16-22)38-29(42)39-24-6-7-27(43-2)25(17-24)30(31,32)33/h3-9,11-13,15-17,19,35H,10,14,18,20,34H2,1-2H3,(H2,38,39,42)/b26-19-. The lowest BCUT2D eigenvalue weighted by Crippen LogP contribution is -2.29. The number of imidazole rings is 1. The molecule has 13 heteroatoms. The molecule has 2 amide bonds. The lowest BCUT2D eigenvalue weighted by molar-refractivity contribution is -0.138. The maximum atomic E-state index is 13.4. The number of methoxy groups -OCH3 is 1. The molecule has 0 saturated carbocycles. The summed E-state index contributed by atoms with van der Waals surface area (Å²) < 4.78 is 46.8. The molecule has 0 aliphatic heterocycles. The summed E-state index contributed by atoms with van der Waals surface area (Å²) in [5, 5.41) is 8.29. The molecular weight excluding hydrogens is 561 g/mol. The van der Waals surface area contributed by atoms with E-state index < -0.39 is 17.8 Å². The fourth-order valence-electron chi connectivity index (χ4n) is 4.41. The van der Waals surface area contributed by atoms with Crippen molar-refractivity contribution in [3.05, 3.63) is 102 Å². The van der Waals surface area contributed by atoms with Crippen LogP contribution in [-0.4, -0.2) is 52.7 Å². The number of nitrogens with zero attached hydrogens (tertiary/aromatic N) is 4. The van der Waals surface area contributed by atoms with E-state index in [9.17, 15) is 18.0 Å². The van der Waals surface area contributed by atoms with Crippen LogP contribution in [0.2, 0.25) is 0 Å². The van der Waals surface area contributed by atoms with E-state index in [1.807, 2.05) is 35.2 Å². The summed E-state index contributed by atoms with van der Waals surface area (Å²) in [5.74, 6) is 0.473. The fourth-order valence-corrected chi connectivity index (χ4v) is 4.41. The molecule has 5 N–H and O–H groups in total. The van der Waals surface area contributed by atoms with Crippen molar-refractivity contribution < 1.29 is 22.7 Å². The number of ether oxygens (including phenoxy) is 1. The number of urea groups is 1. The van der Waals surface area contributed by atoms with Crippen molar-refractivity contribution in [2.75, 3.05) is 37.9 Å². The summed E-state index contributed by atoms with van der Waals surface area (Å²) >= 11 is 0. The highest BCUT2D eigenvalue weighted by Crippen LogP contribution is 2.37. The maximum absolute atomic E-state index is 13.4. The number of aromatic nitrogens is 3. The molecule has 2 heterocycles. The van der Waals surface area contributed by atoms with Crippen LogP contribution in [0.1, 0.15) is 22.5 Å². The minimum Gasteiger partial charge on any atom is -0.496 e. The van der Waals surface area contributed by atoms with Gasteiger partial charge in [0.05, 0.1) is 24.9 Å². The minimum absolute atomic E-state index is 0.0298. The van der Waals surface area contributed by atoms with E-state index in [1.54, 1.807) is 43.8 Å². The highest BCUT2D eigenvalue weighted by Gasteiger charge is 2.34. The second-order valence-corrected chi connectivity index (χ2v) is 9.47. The van der Waals surface area contributed by atoms with Crippen molar-refractivity contribution in [3.63, 3.8) is 0 Å². The minimum atomic E-state index is -4.64. The van der Waals surface area contributed by atoms with Gasteiger partial charge in [-0.3, -0.25) is 9.88 Å². The second kappa shape index (κ2) is 14.3. The lowest BCUT2D eigenvalue weighted by atomic mass is 10.1. The van der Waals surface area contributed by atoms with Gasteiger partial charge in [-0.05, 0) is 48.0 Å². The van der Waals surface area contributed by atoms with Gasteiger partial charge in [-0.25, -0.2) is 9.78 Å². The van der Waals surface area contributed by atoms with Gasteiger partial charge in [-0.15, -0.1) is 0 Å². The predicted octanol–water partition coefficient (Wildman–Crippen LogP) is 5.09. The molecule has 0 atom stereocenters. The van der Waals surface area contributed by atoms with Crippen LogP contribution in [0.15, 0.2) is 79.4 Å². The summed E-state index contributed by atoms with van der Waals surface area (Å²) in [6, 6.07) is 13.6. The monoisotopic (exact) mass is 594 g/mol. The topological polar surface area (TPSA) is 122 Å². The van der Waals surface area contributed by atoms with Crippen LogP contribution in [0.25, 0.3) is 11.9 Å². The van der Waals surface area contributed by atoms with Crippen molar-refractivity contribution in [1.29, 1.82) is 0 Å². The molecule has 0 saturated heterocycles. The first kappa shape index (κ1) is 31.1. The number of halogens is 3. The smallest absolute Gasteiger partial charge is 0.420 e. The van der Waals surface area contributed by atoms with Gasteiger partial charge in [0, 0.05) is 74.6 Å². The zero-order valence-electron chi connectivity index (χ0n) is 23.7. The number of carbonyl (C=O) groups excluding carboxylic acids is 1. The first-order valence-electron chi connectivity index (χ1n) is 13.4. The van der Waals surface area contributed by atoms with Gasteiger partial charge in [-0.2, -0.15) is 13.2 Å². The molecule has 4 aromatic rings. The Morgan fingerprint density at radius 1 is 1.05 bits per heavy atom. The third kappa shape index (κ3) is 8.56. The van der Waals surface area contributed by atoms with Crippen LogP contribution in [0.5, 0.6) is 5.75 Å². The van der Waals surface area contributed by atoms with E-state index in [-0.39, 0.29) is 11.4 Å². The molecule has 4 rings (SSSR count). The van der Waals surface area contributed by atoms with Crippen LogP contribution >= 0.6 is 0 Å². The first-order valence-corrected chi connectivity index (χ1v) is 13.4. The number of anilines is 2. The number of rotatable bonds is 12. The molecule has 2 aromatic carbocycles. The fraction of sp³-hybridized carbons (Fsp3) is 0.233. The molecule has 2 aromatic heterocycles. The quantitative estimate of drug-likeness (QED) is 0.180. The van der Waals surface area contributed by atoms with E-state index in [1.165, 1.54) is 6.07 Å². The predicted molar refractivity (Wildman–Crippen MR) is 160 cm³/mol. The average molecular weight is 595 g/mol. The Bertz CT molecular complexity index is 1540. The van der Waals surface area contributed by atoms with E-state index in [2.05, 4.69) is 30.8 Å². The lowest BCUT2D eigenvalue weighted by Gasteiger charge is -2.21. The Morgan fingerprint density at radius 2 is 1.79 bits per heavy atom. The number of pyridine rings is 1. The Morgan fingerprint density at radius 3 is 2.47 bits per heavy atom. The van der Waals surface area contributed by atoms with Crippen molar-refractivity contribution in [2.45, 2.75) is 19.3 Å². The zero-order chi connectivity index (χ0) is 30.8.